The molecule has 0 saturated carbocycles. The number of halogens is 2. The molecule has 0 aliphatic carbocycles. The van der Waals surface area contributed by atoms with Gasteiger partial charge < -0.3 is 11.1 Å². The number of nitrogens with two attached hydrogens (primary N) is 1. The van der Waals surface area contributed by atoms with E-state index in [0.717, 1.165) is 14.5 Å². The third kappa shape index (κ3) is 4.16. The molecular formula is C15H14Br2N2O. The number of nitrogens with one attached hydrogen (secondary N) is 1. The van der Waals surface area contributed by atoms with Crippen LogP contribution >= 0.6 is 31.9 Å². The first-order chi connectivity index (χ1) is 9.56. The van der Waals surface area contributed by atoms with E-state index in [9.17, 15) is 4.79 Å². The average molecular weight is 398 g/mol. The van der Waals surface area contributed by atoms with Crippen LogP contribution in [0.2, 0.25) is 0 Å². The van der Waals surface area contributed by atoms with Gasteiger partial charge in [0.25, 0.3) is 0 Å². The van der Waals surface area contributed by atoms with Gasteiger partial charge in [0.15, 0.2) is 0 Å². The van der Waals surface area contributed by atoms with E-state index in [2.05, 4.69) is 37.2 Å². The van der Waals surface area contributed by atoms with Gasteiger partial charge in [0, 0.05) is 8.95 Å². The van der Waals surface area contributed by atoms with Gasteiger partial charge in [0.1, 0.15) is 0 Å². The van der Waals surface area contributed by atoms with E-state index in [1.807, 2.05) is 48.5 Å². The lowest BCUT2D eigenvalue weighted by atomic mass is 10.1. The maximum Gasteiger partial charge on any atom is 0.241 e. The third-order valence-electron chi connectivity index (χ3n) is 2.82. The van der Waals surface area contributed by atoms with Crippen LogP contribution in [0.5, 0.6) is 0 Å². The van der Waals surface area contributed by atoms with Crippen molar-refractivity contribution < 1.29 is 4.79 Å². The maximum atomic E-state index is 12.1. The molecule has 0 spiro atoms. The molecule has 2 rings (SSSR count). The standard InChI is InChI=1S/C15H14Br2N2O/c16-11-6-7-14(12(17)9-11)19-15(20)13(18)8-10-4-2-1-3-5-10/h1-7,9,13H,8,18H2,(H,19,20). The van der Waals surface area contributed by atoms with Crippen molar-refractivity contribution in [3.8, 4) is 0 Å². The molecule has 0 saturated heterocycles. The summed E-state index contributed by atoms with van der Waals surface area (Å²) < 4.78 is 1.75. The van der Waals surface area contributed by atoms with Gasteiger partial charge in [-0.3, -0.25) is 4.79 Å². The van der Waals surface area contributed by atoms with E-state index in [4.69, 9.17) is 5.73 Å². The van der Waals surface area contributed by atoms with Crippen molar-refractivity contribution in [1.29, 1.82) is 0 Å². The summed E-state index contributed by atoms with van der Waals surface area (Å²) >= 11 is 6.77. The Balaban J connectivity index is 2.01. The van der Waals surface area contributed by atoms with Crippen molar-refractivity contribution in [2.24, 2.45) is 5.73 Å². The Labute approximate surface area is 134 Å². The molecule has 0 bridgehead atoms. The Morgan fingerprint density at radius 2 is 1.85 bits per heavy atom. The van der Waals surface area contributed by atoms with Crippen molar-refractivity contribution >= 4 is 43.5 Å². The van der Waals surface area contributed by atoms with Gasteiger partial charge in [-0.05, 0) is 46.1 Å². The molecule has 1 amide bonds. The Morgan fingerprint density at radius 1 is 1.15 bits per heavy atom. The molecule has 2 aromatic carbocycles. The molecule has 0 fully saturated rings. The Hall–Kier alpha value is -1.17. The molecule has 0 aliphatic rings. The van der Waals surface area contributed by atoms with Crippen molar-refractivity contribution in [3.63, 3.8) is 0 Å². The van der Waals surface area contributed by atoms with Gasteiger partial charge in [-0.15, -0.1) is 0 Å². The van der Waals surface area contributed by atoms with E-state index in [1.54, 1.807) is 0 Å². The molecule has 5 heteroatoms. The molecule has 0 radical (unpaired) electrons. The second-order valence-corrected chi connectivity index (χ2v) is 6.18. The van der Waals surface area contributed by atoms with Gasteiger partial charge in [-0.25, -0.2) is 0 Å². The van der Waals surface area contributed by atoms with Crippen LogP contribution in [0, 0.1) is 0 Å². The fraction of sp³-hybridized carbons (Fsp3) is 0.133. The molecule has 1 unspecified atom stereocenters. The molecule has 3 nitrogen and oxygen atoms in total. The predicted molar refractivity (Wildman–Crippen MR) is 88.6 cm³/mol. The minimum Gasteiger partial charge on any atom is -0.324 e. The number of carbonyl (C=O) groups excluding carboxylic acids is 1. The van der Waals surface area contributed by atoms with Crippen LogP contribution in [-0.4, -0.2) is 11.9 Å². The van der Waals surface area contributed by atoms with Crippen molar-refractivity contribution in [2.75, 3.05) is 5.32 Å². The van der Waals surface area contributed by atoms with E-state index < -0.39 is 6.04 Å². The molecule has 2 aromatic rings. The summed E-state index contributed by atoms with van der Waals surface area (Å²) in [4.78, 5) is 12.1. The molecule has 1 atom stereocenters. The topological polar surface area (TPSA) is 55.1 Å². The molecule has 104 valence electrons. The zero-order valence-corrected chi connectivity index (χ0v) is 13.8. The summed E-state index contributed by atoms with van der Waals surface area (Å²) in [5.74, 6) is -0.197. The Bertz CT molecular complexity index is 602. The lowest BCUT2D eigenvalue weighted by Crippen LogP contribution is -2.37. The van der Waals surface area contributed by atoms with E-state index in [-0.39, 0.29) is 5.91 Å². The molecule has 0 aliphatic heterocycles. The first kappa shape index (κ1) is 15.2. The minimum absolute atomic E-state index is 0.197. The van der Waals surface area contributed by atoms with E-state index >= 15 is 0 Å². The summed E-state index contributed by atoms with van der Waals surface area (Å²) in [6, 6.07) is 14.7. The van der Waals surface area contributed by atoms with Crippen LogP contribution in [-0.2, 0) is 11.2 Å². The van der Waals surface area contributed by atoms with Gasteiger partial charge in [-0.2, -0.15) is 0 Å². The molecular weight excluding hydrogens is 384 g/mol. The van der Waals surface area contributed by atoms with Crippen LogP contribution in [0.4, 0.5) is 5.69 Å². The summed E-state index contributed by atoms with van der Waals surface area (Å²) in [7, 11) is 0. The summed E-state index contributed by atoms with van der Waals surface area (Å²) in [6.07, 6.45) is 0.515. The van der Waals surface area contributed by atoms with E-state index in [1.165, 1.54) is 0 Å². The SMILES string of the molecule is NC(Cc1ccccc1)C(=O)Nc1ccc(Br)cc1Br. The normalized spacial score (nSPS) is 11.9. The maximum absolute atomic E-state index is 12.1. The Kier molecular flexibility index (Phi) is 5.34. The molecule has 0 aromatic heterocycles. The van der Waals surface area contributed by atoms with Crippen LogP contribution < -0.4 is 11.1 Å². The minimum atomic E-state index is -0.576. The number of benzene rings is 2. The second-order valence-electron chi connectivity index (χ2n) is 4.41. The summed E-state index contributed by atoms with van der Waals surface area (Å²) in [5, 5.41) is 2.83. The number of amides is 1. The predicted octanol–water partition coefficient (Wildman–Crippen LogP) is 3.72. The first-order valence-electron chi connectivity index (χ1n) is 6.11. The van der Waals surface area contributed by atoms with Gasteiger partial charge >= 0.3 is 0 Å². The highest BCUT2D eigenvalue weighted by molar-refractivity contribution is 9.11. The number of anilines is 1. The fourth-order valence-corrected chi connectivity index (χ4v) is 2.92. The number of carbonyl (C=O) groups is 1. The molecule has 3 N–H and O–H groups in total. The number of rotatable bonds is 4. The summed E-state index contributed by atoms with van der Waals surface area (Å²) in [5.41, 5.74) is 7.70. The zero-order valence-electron chi connectivity index (χ0n) is 10.6. The van der Waals surface area contributed by atoms with Crippen LogP contribution in [0.1, 0.15) is 5.56 Å². The van der Waals surface area contributed by atoms with Crippen LogP contribution in [0.25, 0.3) is 0 Å². The highest BCUT2D eigenvalue weighted by Crippen LogP contribution is 2.26. The molecule has 0 heterocycles. The summed E-state index contributed by atoms with van der Waals surface area (Å²) in [6.45, 7) is 0. The quantitative estimate of drug-likeness (QED) is 0.825. The van der Waals surface area contributed by atoms with E-state index in [0.29, 0.717) is 12.1 Å². The number of hydrogen-bond donors (Lipinski definition) is 2. The van der Waals surface area contributed by atoms with Crippen molar-refractivity contribution in [3.05, 3.63) is 63.0 Å². The van der Waals surface area contributed by atoms with Crippen LogP contribution in [0.3, 0.4) is 0 Å². The third-order valence-corrected chi connectivity index (χ3v) is 3.97. The largest absolute Gasteiger partial charge is 0.324 e. The zero-order chi connectivity index (χ0) is 14.5. The second kappa shape index (κ2) is 7.02. The fourth-order valence-electron chi connectivity index (χ4n) is 1.78. The highest BCUT2D eigenvalue weighted by atomic mass is 79.9. The van der Waals surface area contributed by atoms with Crippen molar-refractivity contribution in [1.82, 2.24) is 0 Å². The first-order valence-corrected chi connectivity index (χ1v) is 7.70. The number of hydrogen-bond acceptors (Lipinski definition) is 2. The van der Waals surface area contributed by atoms with Gasteiger partial charge in [-0.1, -0.05) is 46.3 Å². The molecule has 20 heavy (non-hydrogen) atoms. The Morgan fingerprint density at radius 3 is 2.50 bits per heavy atom. The lowest BCUT2D eigenvalue weighted by Gasteiger charge is -2.13. The van der Waals surface area contributed by atoms with Crippen LogP contribution in [0.15, 0.2) is 57.5 Å². The lowest BCUT2D eigenvalue weighted by molar-refractivity contribution is -0.117. The van der Waals surface area contributed by atoms with Crippen molar-refractivity contribution in [2.45, 2.75) is 12.5 Å². The van der Waals surface area contributed by atoms with Gasteiger partial charge in [0.05, 0.1) is 11.7 Å². The smallest absolute Gasteiger partial charge is 0.241 e. The highest BCUT2D eigenvalue weighted by Gasteiger charge is 2.15. The average Bonchev–Trinajstić information content (AvgIpc) is 2.43. The van der Waals surface area contributed by atoms with Gasteiger partial charge in [0.2, 0.25) is 5.91 Å². The monoisotopic (exact) mass is 396 g/mol.